The first kappa shape index (κ1) is 32.6. The van der Waals surface area contributed by atoms with Crippen LogP contribution in [0.4, 0.5) is 0 Å². The zero-order valence-electron chi connectivity index (χ0n) is 27.0. The van der Waals surface area contributed by atoms with Gasteiger partial charge in [0.25, 0.3) is 0 Å². The average molecular weight is 638 g/mol. The second-order valence-corrected chi connectivity index (χ2v) is 14.7. The van der Waals surface area contributed by atoms with Gasteiger partial charge in [0.05, 0.1) is 12.1 Å². The van der Waals surface area contributed by atoms with Crippen LogP contribution in [0.1, 0.15) is 83.1 Å². The van der Waals surface area contributed by atoms with Crippen molar-refractivity contribution >= 4 is 23.3 Å². The molecule has 1 unspecified atom stereocenters. The fourth-order valence-electron chi connectivity index (χ4n) is 8.91. The number of Topliss-reactive ketones (excluding diaryl/α,β-unsaturated/α-hetero) is 1. The number of carbonyl (C=O) groups is 2. The molecule has 1 aromatic heterocycles. The average Bonchev–Trinajstić information content (AvgIpc) is 3.59. The Morgan fingerprint density at radius 2 is 1.76 bits per heavy atom. The lowest BCUT2D eigenvalue weighted by atomic mass is 9.63. The third-order valence-corrected chi connectivity index (χ3v) is 11.7. The highest BCUT2D eigenvalue weighted by molar-refractivity contribution is 6.30. The smallest absolute Gasteiger partial charge is 0.240 e. The summed E-state index contributed by atoms with van der Waals surface area (Å²) < 4.78 is 2.02. The van der Waals surface area contributed by atoms with Gasteiger partial charge < -0.3 is 15.5 Å². The van der Waals surface area contributed by atoms with Crippen molar-refractivity contribution in [3.05, 3.63) is 47.5 Å². The van der Waals surface area contributed by atoms with E-state index in [4.69, 9.17) is 11.6 Å². The molecule has 1 amide bonds. The van der Waals surface area contributed by atoms with Crippen molar-refractivity contribution in [1.29, 1.82) is 0 Å². The summed E-state index contributed by atoms with van der Waals surface area (Å²) in [5.41, 5.74) is 1.30. The maximum atomic E-state index is 14.3. The lowest BCUT2D eigenvalue weighted by Gasteiger charge is -2.48. The van der Waals surface area contributed by atoms with Gasteiger partial charge in [-0.2, -0.15) is 5.10 Å². The highest BCUT2D eigenvalue weighted by Crippen LogP contribution is 2.47. The number of ketones is 1. The lowest BCUT2D eigenvalue weighted by Crippen LogP contribution is -2.59. The maximum Gasteiger partial charge on any atom is 0.240 e. The molecule has 246 valence electrons. The number of nitrogens with one attached hydrogen (secondary N) is 2. The summed E-state index contributed by atoms with van der Waals surface area (Å²) in [6.07, 6.45) is 16.9. The summed E-state index contributed by atoms with van der Waals surface area (Å²) in [6.45, 7) is 6.83. The second kappa shape index (κ2) is 15.1. The molecule has 1 aromatic carbocycles. The van der Waals surface area contributed by atoms with E-state index >= 15 is 0 Å². The summed E-state index contributed by atoms with van der Waals surface area (Å²) in [4.78, 5) is 35.5. The number of carbonyl (C=O) groups excluding carboxylic acids is 2. The van der Waals surface area contributed by atoms with E-state index in [-0.39, 0.29) is 29.2 Å². The molecule has 0 radical (unpaired) electrons. The zero-order chi connectivity index (χ0) is 31.2. The van der Waals surface area contributed by atoms with Gasteiger partial charge in [-0.05, 0) is 93.7 Å². The summed E-state index contributed by atoms with van der Waals surface area (Å²) in [6, 6.07) is 8.39. The Bertz CT molecular complexity index is 1230. The summed E-state index contributed by atoms with van der Waals surface area (Å²) in [5, 5.41) is 12.4. The number of amides is 1. The lowest BCUT2D eigenvalue weighted by molar-refractivity contribution is -0.137. The minimum atomic E-state index is -0.269. The van der Waals surface area contributed by atoms with E-state index in [2.05, 4.69) is 42.6 Å². The molecule has 2 saturated heterocycles. The fraction of sp³-hybridized carbons (Fsp3) is 0.714. The molecule has 2 aromatic rings. The third kappa shape index (κ3) is 7.98. The van der Waals surface area contributed by atoms with Crippen molar-refractivity contribution in [3.63, 3.8) is 0 Å². The number of aromatic nitrogens is 3. The molecule has 45 heavy (non-hydrogen) atoms. The van der Waals surface area contributed by atoms with Gasteiger partial charge in [-0.1, -0.05) is 43.0 Å². The van der Waals surface area contributed by atoms with E-state index in [9.17, 15) is 9.59 Å². The number of hydrogen-bond donors (Lipinski definition) is 2. The van der Waals surface area contributed by atoms with Gasteiger partial charge in [-0.3, -0.25) is 19.2 Å². The van der Waals surface area contributed by atoms with Crippen LogP contribution in [-0.2, 0) is 22.6 Å². The van der Waals surface area contributed by atoms with Gasteiger partial charge in [0.2, 0.25) is 5.91 Å². The number of rotatable bonds is 10. The number of likely N-dealkylation sites (tertiary alicyclic amines) is 1. The fourth-order valence-corrected chi connectivity index (χ4v) is 9.03. The first-order valence-electron chi connectivity index (χ1n) is 17.5. The SMILES string of the molecule is CC(=O)C1CNCCN1C1CCC(N[C@H](Cc2ccc(Cl)cc2)C(=O)N2CCC(Cn3cncn3)(C3CCCCC3)CC2)CC1. The minimum absolute atomic E-state index is 0.0168. The van der Waals surface area contributed by atoms with E-state index in [1.807, 2.05) is 23.1 Å². The first-order chi connectivity index (χ1) is 21.9. The standard InChI is InChI=1S/C35H52ClN7O2/c1-26(44)33-22-37-17-20-43(33)31-13-11-30(12-14-31)40-32(21-27-7-9-29(36)10-8-27)34(45)41-18-15-35(16-19-41,23-42-25-38-24-39-42)28-5-3-2-4-6-28/h7-10,24-25,28,30-33,37,40H,2-6,11-23H2,1H3/t30?,31?,32-,33?/m1/s1. The summed E-state index contributed by atoms with van der Waals surface area (Å²) in [7, 11) is 0. The highest BCUT2D eigenvalue weighted by atomic mass is 35.5. The van der Waals surface area contributed by atoms with E-state index in [0.29, 0.717) is 29.4 Å². The van der Waals surface area contributed by atoms with Crippen LogP contribution in [0.5, 0.6) is 0 Å². The predicted octanol–water partition coefficient (Wildman–Crippen LogP) is 4.50. The number of benzene rings is 1. The summed E-state index contributed by atoms with van der Waals surface area (Å²) >= 11 is 6.21. The molecule has 0 spiro atoms. The monoisotopic (exact) mass is 637 g/mol. The Kier molecular flexibility index (Phi) is 10.9. The van der Waals surface area contributed by atoms with Crippen LogP contribution < -0.4 is 10.6 Å². The Balaban J connectivity index is 1.12. The molecular formula is C35H52ClN7O2. The molecule has 2 atom stereocenters. The van der Waals surface area contributed by atoms with Gasteiger partial charge >= 0.3 is 0 Å². The van der Waals surface area contributed by atoms with Gasteiger partial charge in [0.15, 0.2) is 0 Å². The van der Waals surface area contributed by atoms with Crippen LogP contribution in [0, 0.1) is 11.3 Å². The largest absolute Gasteiger partial charge is 0.341 e. The molecule has 0 bridgehead atoms. The normalized spacial score (nSPS) is 27.2. The topological polar surface area (TPSA) is 95.4 Å². The Hall–Kier alpha value is -2.33. The van der Waals surface area contributed by atoms with Gasteiger partial charge in [0, 0.05) is 56.4 Å². The van der Waals surface area contributed by atoms with Crippen molar-refractivity contribution in [2.75, 3.05) is 32.7 Å². The Morgan fingerprint density at radius 3 is 2.42 bits per heavy atom. The molecular weight excluding hydrogens is 586 g/mol. The van der Waals surface area contributed by atoms with Crippen LogP contribution in [0.2, 0.25) is 5.02 Å². The predicted molar refractivity (Wildman–Crippen MR) is 177 cm³/mol. The quantitative estimate of drug-likeness (QED) is 0.396. The van der Waals surface area contributed by atoms with Crippen LogP contribution in [0.25, 0.3) is 0 Å². The van der Waals surface area contributed by atoms with E-state index in [1.165, 1.54) is 32.1 Å². The van der Waals surface area contributed by atoms with Crippen molar-refractivity contribution in [3.8, 4) is 0 Å². The number of hydrogen-bond acceptors (Lipinski definition) is 7. The highest BCUT2D eigenvalue weighted by Gasteiger charge is 2.44. The molecule has 6 rings (SSSR count). The molecule has 2 aliphatic carbocycles. The van der Waals surface area contributed by atoms with E-state index in [0.717, 1.165) is 83.4 Å². The van der Waals surface area contributed by atoms with Crippen molar-refractivity contribution in [2.24, 2.45) is 11.3 Å². The van der Waals surface area contributed by atoms with Crippen LogP contribution in [0.3, 0.4) is 0 Å². The van der Waals surface area contributed by atoms with Crippen LogP contribution >= 0.6 is 11.6 Å². The molecule has 2 aliphatic heterocycles. The van der Waals surface area contributed by atoms with Crippen molar-refractivity contribution in [1.82, 2.24) is 35.2 Å². The van der Waals surface area contributed by atoms with Crippen LogP contribution in [0.15, 0.2) is 36.9 Å². The zero-order valence-corrected chi connectivity index (χ0v) is 27.8. The van der Waals surface area contributed by atoms with Gasteiger partial charge in [-0.15, -0.1) is 0 Å². The van der Waals surface area contributed by atoms with E-state index < -0.39 is 0 Å². The van der Waals surface area contributed by atoms with Gasteiger partial charge in [0.1, 0.15) is 18.4 Å². The third-order valence-electron chi connectivity index (χ3n) is 11.5. The molecule has 10 heteroatoms. The number of halogens is 1. The minimum Gasteiger partial charge on any atom is -0.341 e. The molecule has 3 heterocycles. The number of piperidine rings is 1. The number of nitrogens with zero attached hydrogens (tertiary/aromatic N) is 5. The number of piperazine rings is 1. The van der Waals surface area contributed by atoms with Crippen molar-refractivity contribution < 1.29 is 9.59 Å². The maximum absolute atomic E-state index is 14.3. The second-order valence-electron chi connectivity index (χ2n) is 14.2. The van der Waals surface area contributed by atoms with Crippen LogP contribution in [-0.4, -0.2) is 93.1 Å². The van der Waals surface area contributed by atoms with Crippen molar-refractivity contribution in [2.45, 2.75) is 115 Å². The van der Waals surface area contributed by atoms with Gasteiger partial charge in [-0.25, -0.2) is 4.98 Å². The van der Waals surface area contributed by atoms with E-state index in [1.54, 1.807) is 13.3 Å². The molecule has 9 nitrogen and oxygen atoms in total. The molecule has 2 N–H and O–H groups in total. The molecule has 4 fully saturated rings. The molecule has 2 saturated carbocycles. The Morgan fingerprint density at radius 1 is 1.02 bits per heavy atom. The molecule has 4 aliphatic rings. The Labute approximate surface area is 273 Å². The first-order valence-corrected chi connectivity index (χ1v) is 17.9. The summed E-state index contributed by atoms with van der Waals surface area (Å²) in [5.74, 6) is 1.17.